The van der Waals surface area contributed by atoms with Crippen LogP contribution in [0.1, 0.15) is 18.7 Å². The van der Waals surface area contributed by atoms with E-state index < -0.39 is 0 Å². The van der Waals surface area contributed by atoms with Crippen molar-refractivity contribution in [3.63, 3.8) is 0 Å². The van der Waals surface area contributed by atoms with Crippen molar-refractivity contribution in [3.05, 3.63) is 18.2 Å². The van der Waals surface area contributed by atoms with Crippen LogP contribution in [0.25, 0.3) is 0 Å². The van der Waals surface area contributed by atoms with E-state index in [1.54, 1.807) is 0 Å². The lowest BCUT2D eigenvalue weighted by Gasteiger charge is -2.23. The summed E-state index contributed by atoms with van der Waals surface area (Å²) in [6.07, 6.45) is 5.38. The van der Waals surface area contributed by atoms with Crippen molar-refractivity contribution in [2.24, 2.45) is 0 Å². The number of rotatable bonds is 4. The minimum Gasteiger partial charge on any atom is -0.355 e. The van der Waals surface area contributed by atoms with Gasteiger partial charge in [-0.25, -0.2) is 4.98 Å². The van der Waals surface area contributed by atoms with E-state index in [-0.39, 0.29) is 5.91 Å². The van der Waals surface area contributed by atoms with Crippen LogP contribution < -0.4 is 10.6 Å². The lowest BCUT2D eigenvalue weighted by atomic mass is 10.1. The molecule has 88 valence electrons. The number of aromatic nitrogens is 2. The third-order valence-electron chi connectivity index (χ3n) is 2.97. The van der Waals surface area contributed by atoms with Crippen LogP contribution in [0.3, 0.4) is 0 Å². The average molecular weight is 222 g/mol. The first-order valence-electron chi connectivity index (χ1n) is 5.73. The van der Waals surface area contributed by atoms with Gasteiger partial charge in [0.25, 0.3) is 0 Å². The summed E-state index contributed by atoms with van der Waals surface area (Å²) in [5.41, 5.74) is 0. The van der Waals surface area contributed by atoms with Gasteiger partial charge in [-0.15, -0.1) is 0 Å². The second kappa shape index (κ2) is 5.12. The van der Waals surface area contributed by atoms with E-state index in [4.69, 9.17) is 0 Å². The van der Waals surface area contributed by atoms with Gasteiger partial charge < -0.3 is 15.2 Å². The number of nitrogens with one attached hydrogen (secondary N) is 2. The Bertz CT molecular complexity index is 351. The molecular formula is C11H18N4O. The molecule has 0 spiro atoms. The molecule has 2 heterocycles. The third-order valence-corrected chi connectivity index (χ3v) is 2.97. The molecule has 1 aliphatic rings. The Kier molecular flexibility index (Phi) is 3.56. The summed E-state index contributed by atoms with van der Waals surface area (Å²) in [6, 6.07) is 0.418. The molecule has 1 atom stereocenters. The van der Waals surface area contributed by atoms with E-state index in [9.17, 15) is 4.79 Å². The Morgan fingerprint density at radius 3 is 3.19 bits per heavy atom. The highest BCUT2D eigenvalue weighted by Gasteiger charge is 2.16. The molecule has 1 fully saturated rings. The van der Waals surface area contributed by atoms with Crippen LogP contribution in [-0.4, -0.2) is 34.6 Å². The predicted octanol–water partition coefficient (Wildman–Crippen LogP) is 0.0597. The fourth-order valence-corrected chi connectivity index (χ4v) is 1.94. The molecule has 1 unspecified atom stereocenters. The largest absolute Gasteiger partial charge is 0.355 e. The Balaban J connectivity index is 1.68. The highest BCUT2D eigenvalue weighted by atomic mass is 16.1. The lowest BCUT2D eigenvalue weighted by molar-refractivity contribution is -0.122. The van der Waals surface area contributed by atoms with Gasteiger partial charge in [0.2, 0.25) is 5.91 Å². The van der Waals surface area contributed by atoms with Gasteiger partial charge in [0.15, 0.2) is 0 Å². The summed E-state index contributed by atoms with van der Waals surface area (Å²) in [5.74, 6) is 1.21. The number of piperidine rings is 1. The minimum atomic E-state index is 0.170. The minimum absolute atomic E-state index is 0.170. The topological polar surface area (TPSA) is 59.0 Å². The number of aryl methyl sites for hydroxylation is 1. The Hall–Kier alpha value is -1.36. The summed E-state index contributed by atoms with van der Waals surface area (Å²) >= 11 is 0. The van der Waals surface area contributed by atoms with Gasteiger partial charge in [-0.05, 0) is 13.3 Å². The Labute approximate surface area is 95.2 Å². The number of hydrogen-bond acceptors (Lipinski definition) is 3. The summed E-state index contributed by atoms with van der Waals surface area (Å²) in [6.45, 7) is 4.59. The van der Waals surface area contributed by atoms with Crippen LogP contribution in [0.2, 0.25) is 0 Å². The van der Waals surface area contributed by atoms with Gasteiger partial charge in [0.1, 0.15) is 5.82 Å². The average Bonchev–Trinajstić information content (AvgIpc) is 2.68. The van der Waals surface area contributed by atoms with E-state index in [0.717, 1.165) is 31.9 Å². The normalized spacial score (nSPS) is 20.8. The maximum atomic E-state index is 11.0. The van der Waals surface area contributed by atoms with Crippen molar-refractivity contribution in [2.75, 3.05) is 13.1 Å². The molecule has 0 aliphatic carbocycles. The van der Waals surface area contributed by atoms with E-state index in [1.807, 2.05) is 19.3 Å². The first-order valence-corrected chi connectivity index (χ1v) is 5.73. The molecule has 0 saturated carbocycles. The maximum absolute atomic E-state index is 11.0. The highest BCUT2D eigenvalue weighted by Crippen LogP contribution is 2.02. The first kappa shape index (κ1) is 11.1. The molecule has 1 aliphatic heterocycles. The summed E-state index contributed by atoms with van der Waals surface area (Å²) < 4.78 is 2.12. The number of imidazole rings is 1. The highest BCUT2D eigenvalue weighted by molar-refractivity contribution is 5.76. The number of amides is 1. The fourth-order valence-electron chi connectivity index (χ4n) is 1.94. The zero-order valence-corrected chi connectivity index (χ0v) is 9.57. The molecule has 2 rings (SSSR count). The molecule has 1 aromatic rings. The maximum Gasteiger partial charge on any atom is 0.220 e. The van der Waals surface area contributed by atoms with Crippen LogP contribution >= 0.6 is 0 Å². The van der Waals surface area contributed by atoms with Crippen molar-refractivity contribution >= 4 is 5.91 Å². The van der Waals surface area contributed by atoms with Gasteiger partial charge in [0.05, 0.1) is 0 Å². The molecule has 1 amide bonds. The lowest BCUT2D eigenvalue weighted by Crippen LogP contribution is -2.46. The van der Waals surface area contributed by atoms with E-state index in [0.29, 0.717) is 12.5 Å². The second-order valence-electron chi connectivity index (χ2n) is 4.16. The monoisotopic (exact) mass is 222 g/mol. The predicted molar refractivity (Wildman–Crippen MR) is 61.0 cm³/mol. The molecule has 5 heteroatoms. The summed E-state index contributed by atoms with van der Waals surface area (Å²) in [4.78, 5) is 15.1. The van der Waals surface area contributed by atoms with Gasteiger partial charge in [-0.1, -0.05) is 0 Å². The quantitative estimate of drug-likeness (QED) is 0.757. The smallest absolute Gasteiger partial charge is 0.220 e. The summed E-state index contributed by atoms with van der Waals surface area (Å²) in [7, 11) is 0. The van der Waals surface area contributed by atoms with Crippen molar-refractivity contribution in [3.8, 4) is 0 Å². The number of hydrogen-bond donors (Lipinski definition) is 2. The summed E-state index contributed by atoms with van der Waals surface area (Å²) in [5, 5.41) is 6.31. The van der Waals surface area contributed by atoms with E-state index in [2.05, 4.69) is 20.2 Å². The molecule has 0 radical (unpaired) electrons. The molecule has 16 heavy (non-hydrogen) atoms. The molecule has 1 aromatic heterocycles. The molecule has 0 bridgehead atoms. The van der Waals surface area contributed by atoms with Crippen LogP contribution in [-0.2, 0) is 11.3 Å². The Morgan fingerprint density at radius 1 is 1.69 bits per heavy atom. The number of carbonyl (C=O) groups is 1. The number of nitrogens with zero attached hydrogens (tertiary/aromatic N) is 2. The Morgan fingerprint density at radius 2 is 2.56 bits per heavy atom. The van der Waals surface area contributed by atoms with Gasteiger partial charge in [0, 0.05) is 44.5 Å². The zero-order chi connectivity index (χ0) is 11.4. The molecule has 5 nitrogen and oxygen atoms in total. The second-order valence-corrected chi connectivity index (χ2v) is 4.16. The molecule has 2 N–H and O–H groups in total. The SMILES string of the molecule is Cc1nccn1CCNC1CCC(=O)NC1. The van der Waals surface area contributed by atoms with Crippen LogP contribution in [0.5, 0.6) is 0 Å². The van der Waals surface area contributed by atoms with Crippen LogP contribution in [0, 0.1) is 6.92 Å². The third kappa shape index (κ3) is 2.82. The molecule has 1 saturated heterocycles. The van der Waals surface area contributed by atoms with Gasteiger partial charge >= 0.3 is 0 Å². The fraction of sp³-hybridized carbons (Fsp3) is 0.636. The molecular weight excluding hydrogens is 204 g/mol. The van der Waals surface area contributed by atoms with Crippen molar-refractivity contribution in [2.45, 2.75) is 32.4 Å². The van der Waals surface area contributed by atoms with Crippen LogP contribution in [0.15, 0.2) is 12.4 Å². The van der Waals surface area contributed by atoms with Gasteiger partial charge in [-0.3, -0.25) is 4.79 Å². The van der Waals surface area contributed by atoms with Crippen LogP contribution in [0.4, 0.5) is 0 Å². The van der Waals surface area contributed by atoms with E-state index >= 15 is 0 Å². The molecule has 0 aromatic carbocycles. The van der Waals surface area contributed by atoms with Gasteiger partial charge in [-0.2, -0.15) is 0 Å². The van der Waals surface area contributed by atoms with Crippen molar-refractivity contribution < 1.29 is 4.79 Å². The van der Waals surface area contributed by atoms with Crippen molar-refractivity contribution in [1.82, 2.24) is 20.2 Å². The van der Waals surface area contributed by atoms with Crippen molar-refractivity contribution in [1.29, 1.82) is 0 Å². The van der Waals surface area contributed by atoms with E-state index in [1.165, 1.54) is 0 Å². The zero-order valence-electron chi connectivity index (χ0n) is 9.57. The first-order chi connectivity index (χ1) is 7.75. The standard InChI is InChI=1S/C11H18N4O/c1-9-12-4-6-15(9)7-5-13-10-2-3-11(16)14-8-10/h4,6,10,13H,2-3,5,7-8H2,1H3,(H,14,16). The number of carbonyl (C=O) groups excluding carboxylic acids is 1.